The van der Waals surface area contributed by atoms with Gasteiger partial charge in [0.2, 0.25) is 0 Å². The molecule has 2 aliphatic rings. The molecule has 47 heavy (non-hydrogen) atoms. The molecule has 12 nitrogen and oxygen atoms in total. The molecule has 0 bridgehead atoms. The minimum Gasteiger partial charge on any atom is -0.504 e. The van der Waals surface area contributed by atoms with E-state index in [9.17, 15) is 36.3 Å². The van der Waals surface area contributed by atoms with Crippen LogP contribution >= 0.6 is 0 Å². The number of fused-ring (bicyclic) bond motifs is 2. The average Bonchev–Trinajstić information content (AvgIpc) is 2.93. The third-order valence-electron chi connectivity index (χ3n) is 6.80. The number of ether oxygens (including phenoxy) is 4. The number of hydrogen-bond acceptors (Lipinski definition) is 10. The lowest BCUT2D eigenvalue weighted by Gasteiger charge is -2.31. The Labute approximate surface area is 272 Å². The molecule has 16 heteroatoms. The molecule has 2 aliphatic heterocycles. The minimum atomic E-state index is -5.85. The Kier molecular flexibility index (Phi) is 11.1. The number of rotatable bonds is 4. The monoisotopic (exact) mass is 690 g/mol. The van der Waals surface area contributed by atoms with E-state index in [1.807, 2.05) is 26.8 Å². The van der Waals surface area contributed by atoms with Gasteiger partial charge in [-0.25, -0.2) is 9.59 Å². The highest BCUT2D eigenvalue weighted by Gasteiger charge is 2.49. The van der Waals surface area contributed by atoms with Crippen LogP contribution < -0.4 is 13.7 Å². The molecule has 2 amide bonds. The lowest BCUT2D eigenvalue weighted by atomic mass is 9.99. The van der Waals surface area contributed by atoms with Gasteiger partial charge in [0.25, 0.3) is 0 Å². The van der Waals surface area contributed by atoms with Crippen LogP contribution in [0, 0.1) is 0 Å². The summed E-state index contributed by atoms with van der Waals surface area (Å²) in [5.74, 6) is -0.182. The number of phenolic OH excluding ortho intramolecular Hbond substituents is 1. The van der Waals surface area contributed by atoms with Gasteiger partial charge in [-0.2, -0.15) is 21.6 Å². The van der Waals surface area contributed by atoms with Crippen LogP contribution in [0.25, 0.3) is 0 Å². The van der Waals surface area contributed by atoms with E-state index in [-0.39, 0.29) is 24.1 Å². The average molecular weight is 691 g/mol. The SMILES string of the molecule is COc1cc2c(cc1O)CN(C(=O)OC(C)(C)C)CC2.COc1cc2c(cc1OS(=O)(=O)C(F)(F)F)CN(C(=O)OC(C)(C)C)CC2. The number of carbonyl (C=O) groups excluding carboxylic acids is 2. The summed E-state index contributed by atoms with van der Waals surface area (Å²) in [6.07, 6.45) is 0.232. The molecule has 0 atom stereocenters. The van der Waals surface area contributed by atoms with E-state index >= 15 is 0 Å². The standard InChI is InChI=1S/C16H20F3NO6S.C15H21NO4/c1-15(2,3)25-14(21)20-6-5-10-7-12(24-4)13(8-11(10)9-20)26-27(22,23)16(17,18)19;1-15(2,3)20-14(18)16-6-5-10-8-13(19-4)12(17)7-11(10)9-16/h7-8H,5-6,9H2,1-4H3;7-8,17H,5-6,9H2,1-4H3. The molecule has 0 unspecified atom stereocenters. The number of alkyl halides is 3. The Morgan fingerprint density at radius 3 is 1.51 bits per heavy atom. The number of hydrogen-bond donors (Lipinski definition) is 1. The number of phenols is 1. The maximum absolute atomic E-state index is 12.6. The molecule has 0 saturated carbocycles. The van der Waals surface area contributed by atoms with Crippen LogP contribution in [0.5, 0.6) is 23.0 Å². The zero-order valence-corrected chi connectivity index (χ0v) is 28.4. The van der Waals surface area contributed by atoms with E-state index in [0.29, 0.717) is 42.9 Å². The van der Waals surface area contributed by atoms with Gasteiger partial charge in [-0.3, -0.25) is 0 Å². The molecule has 0 spiro atoms. The molecule has 2 aromatic carbocycles. The zero-order chi connectivity index (χ0) is 35.5. The molecule has 0 aliphatic carbocycles. The minimum absolute atomic E-state index is 0.0384. The fraction of sp³-hybridized carbons (Fsp3) is 0.548. The Balaban J connectivity index is 0.000000267. The molecular weight excluding hydrogens is 649 g/mol. The van der Waals surface area contributed by atoms with Gasteiger partial charge in [-0.05, 0) is 101 Å². The Bertz CT molecular complexity index is 1580. The largest absolute Gasteiger partial charge is 0.534 e. The van der Waals surface area contributed by atoms with E-state index in [0.717, 1.165) is 23.6 Å². The number of carbonyl (C=O) groups is 2. The van der Waals surface area contributed by atoms with Crippen molar-refractivity contribution in [1.29, 1.82) is 0 Å². The maximum atomic E-state index is 12.6. The number of halogens is 3. The van der Waals surface area contributed by atoms with Crippen LogP contribution in [0.2, 0.25) is 0 Å². The summed E-state index contributed by atoms with van der Waals surface area (Å²) in [5.41, 5.74) is -3.59. The highest BCUT2D eigenvalue weighted by atomic mass is 32.2. The quantitative estimate of drug-likeness (QED) is 0.304. The normalized spacial score (nSPS) is 15.0. The molecule has 4 rings (SSSR count). The molecule has 262 valence electrons. The summed E-state index contributed by atoms with van der Waals surface area (Å²) in [6, 6.07) is 6.03. The van der Waals surface area contributed by atoms with Crippen LogP contribution in [0.3, 0.4) is 0 Å². The highest BCUT2D eigenvalue weighted by molar-refractivity contribution is 7.88. The van der Waals surface area contributed by atoms with Crippen LogP contribution in [0.4, 0.5) is 22.8 Å². The first-order valence-electron chi connectivity index (χ1n) is 14.6. The van der Waals surface area contributed by atoms with Gasteiger partial charge in [0.1, 0.15) is 11.2 Å². The van der Waals surface area contributed by atoms with Gasteiger partial charge in [0.05, 0.1) is 14.2 Å². The van der Waals surface area contributed by atoms with E-state index in [1.54, 1.807) is 31.7 Å². The molecule has 0 fully saturated rings. The first-order chi connectivity index (χ1) is 21.5. The summed E-state index contributed by atoms with van der Waals surface area (Å²) < 4.78 is 85.3. The topological polar surface area (TPSA) is 141 Å². The molecular formula is C31H41F3N2O10S. The second-order valence-corrected chi connectivity index (χ2v) is 14.4. The Hall–Kier alpha value is -4.08. The second kappa shape index (κ2) is 14.0. The smallest absolute Gasteiger partial charge is 0.504 e. The van der Waals surface area contributed by atoms with Crippen LogP contribution in [0.1, 0.15) is 63.8 Å². The third kappa shape index (κ3) is 9.95. The van der Waals surface area contributed by atoms with Crippen molar-refractivity contribution in [1.82, 2.24) is 9.80 Å². The van der Waals surface area contributed by atoms with E-state index in [1.165, 1.54) is 25.2 Å². The zero-order valence-electron chi connectivity index (χ0n) is 27.6. The maximum Gasteiger partial charge on any atom is 0.534 e. The van der Waals surface area contributed by atoms with Crippen molar-refractivity contribution in [3.05, 3.63) is 46.5 Å². The second-order valence-electron chi connectivity index (χ2n) is 12.9. The first-order valence-corrected chi connectivity index (χ1v) is 16.0. The van der Waals surface area contributed by atoms with Gasteiger partial charge in [-0.1, -0.05) is 0 Å². The van der Waals surface area contributed by atoms with Crippen molar-refractivity contribution in [3.63, 3.8) is 0 Å². The van der Waals surface area contributed by atoms with Crippen molar-refractivity contribution in [2.24, 2.45) is 0 Å². The van der Waals surface area contributed by atoms with Crippen molar-refractivity contribution in [3.8, 4) is 23.0 Å². The van der Waals surface area contributed by atoms with Gasteiger partial charge >= 0.3 is 27.8 Å². The summed E-state index contributed by atoms with van der Waals surface area (Å²) >= 11 is 0. The molecule has 0 saturated heterocycles. The number of methoxy groups -OCH3 is 2. The van der Waals surface area contributed by atoms with Crippen LogP contribution in [0.15, 0.2) is 24.3 Å². The number of aromatic hydroxyl groups is 1. The summed E-state index contributed by atoms with van der Waals surface area (Å²) in [6.45, 7) is 12.1. The van der Waals surface area contributed by atoms with Gasteiger partial charge in [-0.15, -0.1) is 0 Å². The molecule has 0 radical (unpaired) electrons. The van der Waals surface area contributed by atoms with Crippen LogP contribution in [-0.4, -0.2) is 79.5 Å². The van der Waals surface area contributed by atoms with E-state index in [2.05, 4.69) is 4.18 Å². The number of benzene rings is 2. The highest BCUT2D eigenvalue weighted by Crippen LogP contribution is 2.37. The van der Waals surface area contributed by atoms with Gasteiger partial charge < -0.3 is 38.0 Å². The van der Waals surface area contributed by atoms with E-state index < -0.39 is 38.7 Å². The predicted octanol–water partition coefficient (Wildman–Crippen LogP) is 5.91. The Morgan fingerprint density at radius 2 is 1.11 bits per heavy atom. The van der Waals surface area contributed by atoms with Crippen LogP contribution in [-0.2, 0) is 45.5 Å². The van der Waals surface area contributed by atoms with Crippen molar-refractivity contribution >= 4 is 22.3 Å². The fourth-order valence-electron chi connectivity index (χ4n) is 4.66. The van der Waals surface area contributed by atoms with Gasteiger partial charge in [0, 0.05) is 26.2 Å². The summed E-state index contributed by atoms with van der Waals surface area (Å²) in [4.78, 5) is 27.3. The van der Waals surface area contributed by atoms with Gasteiger partial charge in [0.15, 0.2) is 23.0 Å². The fourth-order valence-corrected chi connectivity index (χ4v) is 5.12. The number of nitrogens with zero attached hydrogens (tertiary/aromatic N) is 2. The summed E-state index contributed by atoms with van der Waals surface area (Å²) in [7, 11) is -3.14. The van der Waals surface area contributed by atoms with Crippen molar-refractivity contribution in [2.75, 3.05) is 27.3 Å². The summed E-state index contributed by atoms with van der Waals surface area (Å²) in [5, 5.41) is 9.82. The lowest BCUT2D eigenvalue weighted by Crippen LogP contribution is -2.39. The lowest BCUT2D eigenvalue weighted by molar-refractivity contribution is -0.0500. The van der Waals surface area contributed by atoms with Crippen molar-refractivity contribution < 1.29 is 59.4 Å². The first kappa shape index (κ1) is 37.4. The number of amides is 2. The predicted molar refractivity (Wildman–Crippen MR) is 164 cm³/mol. The molecule has 1 N–H and O–H groups in total. The molecule has 2 aromatic rings. The third-order valence-corrected chi connectivity index (χ3v) is 7.76. The molecule has 2 heterocycles. The van der Waals surface area contributed by atoms with Crippen molar-refractivity contribution in [2.45, 2.75) is 84.2 Å². The van der Waals surface area contributed by atoms with E-state index in [4.69, 9.17) is 18.9 Å². The molecule has 0 aromatic heterocycles. The Morgan fingerprint density at radius 1 is 0.702 bits per heavy atom.